The molecule has 0 aromatic rings. The van der Waals surface area contributed by atoms with Crippen molar-refractivity contribution < 1.29 is 9.90 Å². The fourth-order valence-electron chi connectivity index (χ4n) is 0.643. The zero-order valence-corrected chi connectivity index (χ0v) is 6.73. The lowest BCUT2D eigenvalue weighted by Crippen LogP contribution is -2.30. The summed E-state index contributed by atoms with van der Waals surface area (Å²) in [6.07, 6.45) is 0.956. The minimum Gasteiger partial charge on any atom is -0.480 e. The first kappa shape index (κ1) is 10.7. The molecule has 0 unspecified atom stereocenters. The molecule has 7 N–H and O–H groups in total. The number of guanidine groups is 1. The summed E-state index contributed by atoms with van der Waals surface area (Å²) in [6, 6.07) is -0.820. The predicted molar refractivity (Wildman–Crippen MR) is 45.5 cm³/mol. The van der Waals surface area contributed by atoms with Gasteiger partial charge < -0.3 is 22.3 Å². The summed E-state index contributed by atoms with van der Waals surface area (Å²) < 4.78 is 0. The number of hydrogen-bond acceptors (Lipinski definition) is 3. The number of nitrogens with two attached hydrogens (primary N) is 3. The molecule has 0 saturated carbocycles. The largest absolute Gasteiger partial charge is 0.480 e. The number of aliphatic imine (C=N–C) groups is 1. The first-order valence-corrected chi connectivity index (χ1v) is 3.58. The molecule has 0 radical (unpaired) electrons. The van der Waals surface area contributed by atoms with Crippen LogP contribution in [-0.4, -0.2) is 29.6 Å². The molecule has 12 heavy (non-hydrogen) atoms. The zero-order chi connectivity index (χ0) is 9.56. The van der Waals surface area contributed by atoms with E-state index in [0.717, 1.165) is 0 Å². The summed E-state index contributed by atoms with van der Waals surface area (Å²) >= 11 is 0. The van der Waals surface area contributed by atoms with Gasteiger partial charge in [-0.2, -0.15) is 0 Å². The number of carboxylic acid groups (broad SMARTS) is 1. The van der Waals surface area contributed by atoms with Crippen LogP contribution in [0.1, 0.15) is 12.8 Å². The van der Waals surface area contributed by atoms with Crippen molar-refractivity contribution in [2.75, 3.05) is 6.54 Å². The molecule has 70 valence electrons. The van der Waals surface area contributed by atoms with Crippen LogP contribution in [0.3, 0.4) is 0 Å². The Bertz CT molecular complexity index is 176. The molecule has 0 rings (SSSR count). The fraction of sp³-hybridized carbons (Fsp3) is 0.667. The highest BCUT2D eigenvalue weighted by atomic mass is 16.4. The highest BCUT2D eigenvalue weighted by molar-refractivity contribution is 5.75. The van der Waals surface area contributed by atoms with Gasteiger partial charge in [0.05, 0.1) is 0 Å². The Kier molecular flexibility index (Phi) is 4.78. The minimum absolute atomic E-state index is 0.0129. The van der Waals surface area contributed by atoms with Gasteiger partial charge in [-0.25, -0.2) is 0 Å². The van der Waals surface area contributed by atoms with Crippen LogP contribution >= 0.6 is 0 Å². The monoisotopic (exact) mass is 177 g/mol. The standard InChI is InChI=1S/C6H14N4O2/c7-4(5(11)12)2-1-3-10-6(8)9/h4H,1-3,7H2,(H,11,12)(H4,8,9,10)/t4-/m0/s1/i7+1,8+1,10+1. The van der Waals surface area contributed by atoms with Gasteiger partial charge in [0.25, 0.3) is 0 Å². The maximum Gasteiger partial charge on any atom is 0.320 e. The van der Waals surface area contributed by atoms with Gasteiger partial charge >= 0.3 is 5.97 Å². The summed E-state index contributed by atoms with van der Waals surface area (Å²) in [4.78, 5) is 13.9. The maximum atomic E-state index is 10.2. The van der Waals surface area contributed by atoms with E-state index in [4.69, 9.17) is 22.3 Å². The molecule has 0 aliphatic heterocycles. The molecule has 0 fully saturated rings. The van der Waals surface area contributed by atoms with E-state index in [9.17, 15) is 4.79 Å². The van der Waals surface area contributed by atoms with Crippen molar-refractivity contribution in [3.8, 4) is 0 Å². The molecular weight excluding hydrogens is 163 g/mol. The van der Waals surface area contributed by atoms with E-state index in [2.05, 4.69) is 4.99 Å². The molecule has 0 heterocycles. The lowest BCUT2D eigenvalue weighted by atomic mass is 10.2. The molecule has 0 aromatic carbocycles. The van der Waals surface area contributed by atoms with E-state index >= 15 is 0 Å². The summed E-state index contributed by atoms with van der Waals surface area (Å²) in [7, 11) is 0. The normalized spacial score (nSPS) is 14.2. The lowest BCUT2D eigenvalue weighted by molar-refractivity contribution is -0.138. The van der Waals surface area contributed by atoms with Crippen molar-refractivity contribution in [3.05, 3.63) is 0 Å². The van der Waals surface area contributed by atoms with E-state index in [1.54, 1.807) is 0 Å². The second kappa shape index (κ2) is 5.36. The molecule has 0 aromatic heterocycles. The first-order valence-electron chi connectivity index (χ1n) is 3.58. The molecular formula is C6H14N4O2. The van der Waals surface area contributed by atoms with Gasteiger partial charge in [0.2, 0.25) is 0 Å². The smallest absolute Gasteiger partial charge is 0.320 e. The van der Waals surface area contributed by atoms with Gasteiger partial charge in [-0.05, 0) is 12.8 Å². The number of aliphatic carboxylic acids is 1. The summed E-state index contributed by atoms with van der Waals surface area (Å²) in [5, 5.41) is 8.38. The van der Waals surface area contributed by atoms with Gasteiger partial charge in [-0.1, -0.05) is 0 Å². The topological polar surface area (TPSA) is 128 Å². The second-order valence-corrected chi connectivity index (χ2v) is 2.39. The van der Waals surface area contributed by atoms with E-state index in [1.165, 1.54) is 0 Å². The van der Waals surface area contributed by atoms with Crippen molar-refractivity contribution in [2.45, 2.75) is 18.9 Å². The quantitative estimate of drug-likeness (QED) is 0.175. The average Bonchev–Trinajstić information content (AvgIpc) is 1.97. The Morgan fingerprint density at radius 3 is 2.50 bits per heavy atom. The van der Waals surface area contributed by atoms with E-state index in [-0.39, 0.29) is 5.96 Å². The first-order chi connectivity index (χ1) is 5.54. The second-order valence-electron chi connectivity index (χ2n) is 2.39. The van der Waals surface area contributed by atoms with Crippen molar-refractivity contribution in [3.63, 3.8) is 0 Å². The van der Waals surface area contributed by atoms with Gasteiger partial charge in [0, 0.05) is 6.54 Å². The fourth-order valence-corrected chi connectivity index (χ4v) is 0.643. The molecule has 1 atom stereocenters. The molecule has 6 heteroatoms. The van der Waals surface area contributed by atoms with Gasteiger partial charge in [0.1, 0.15) is 6.04 Å². The number of hydrogen-bond donors (Lipinski definition) is 4. The molecule has 0 amide bonds. The lowest BCUT2D eigenvalue weighted by Gasteiger charge is -2.03. The summed E-state index contributed by atoms with van der Waals surface area (Å²) in [5.74, 6) is -0.987. The zero-order valence-electron chi connectivity index (χ0n) is 6.73. The van der Waals surface area contributed by atoms with Crippen LogP contribution in [0.25, 0.3) is 0 Å². The summed E-state index contributed by atoms with van der Waals surface area (Å²) in [5.41, 5.74) is 15.3. The van der Waals surface area contributed by atoms with Crippen LogP contribution in [0, 0.1) is 0 Å². The van der Waals surface area contributed by atoms with Gasteiger partial charge in [-0.3, -0.25) is 9.79 Å². The van der Waals surface area contributed by atoms with E-state index in [1.807, 2.05) is 0 Å². The SMILES string of the molecule is NC([15NH2])=[15N]CCC[C@H]([15NH2])C(=O)O. The summed E-state index contributed by atoms with van der Waals surface area (Å²) in [6.45, 7) is 0.420. The van der Waals surface area contributed by atoms with Gasteiger partial charge in [0.15, 0.2) is 5.96 Å². The predicted octanol–water partition coefficient (Wildman–Crippen LogP) is -1.55. The highest BCUT2D eigenvalue weighted by Gasteiger charge is 2.09. The number of carboxylic acids is 1. The van der Waals surface area contributed by atoms with Crippen LogP contribution in [0.2, 0.25) is 0 Å². The average molecular weight is 177 g/mol. The number of rotatable bonds is 5. The molecule has 6 nitrogen and oxygen atoms in total. The molecule has 0 aliphatic carbocycles. The van der Waals surface area contributed by atoms with E-state index in [0.29, 0.717) is 19.4 Å². The third kappa shape index (κ3) is 5.48. The Morgan fingerprint density at radius 1 is 1.50 bits per heavy atom. The van der Waals surface area contributed by atoms with Crippen LogP contribution in [0.5, 0.6) is 0 Å². The number of carbonyl (C=O) groups is 1. The van der Waals surface area contributed by atoms with Crippen LogP contribution in [0.4, 0.5) is 0 Å². The minimum atomic E-state index is -1.00. The third-order valence-corrected chi connectivity index (χ3v) is 1.28. The Morgan fingerprint density at radius 2 is 2.08 bits per heavy atom. The van der Waals surface area contributed by atoms with Crippen LogP contribution < -0.4 is 17.2 Å². The molecule has 0 aliphatic rings. The van der Waals surface area contributed by atoms with Crippen molar-refractivity contribution in [1.82, 2.24) is 0 Å². The van der Waals surface area contributed by atoms with Crippen molar-refractivity contribution in [1.29, 1.82) is 0 Å². The van der Waals surface area contributed by atoms with Gasteiger partial charge in [-0.15, -0.1) is 0 Å². The van der Waals surface area contributed by atoms with Crippen LogP contribution in [0.15, 0.2) is 4.99 Å². The molecule has 0 saturated heterocycles. The van der Waals surface area contributed by atoms with Crippen molar-refractivity contribution >= 4 is 11.9 Å². The third-order valence-electron chi connectivity index (χ3n) is 1.28. The Balaban J connectivity index is 3.44. The maximum absolute atomic E-state index is 10.2. The molecule has 0 spiro atoms. The van der Waals surface area contributed by atoms with Crippen molar-refractivity contribution in [2.24, 2.45) is 22.2 Å². The number of nitrogens with zero attached hydrogens (tertiary/aromatic N) is 1. The highest BCUT2D eigenvalue weighted by Crippen LogP contribution is 1.94. The Hall–Kier alpha value is -1.30. The van der Waals surface area contributed by atoms with E-state index < -0.39 is 12.0 Å². The Labute approximate surface area is 70.4 Å². The van der Waals surface area contributed by atoms with Crippen LogP contribution in [-0.2, 0) is 4.79 Å². The molecule has 0 bridgehead atoms.